The highest BCUT2D eigenvalue weighted by molar-refractivity contribution is 5.91. The van der Waals surface area contributed by atoms with Gasteiger partial charge in [-0.1, -0.05) is 18.2 Å². The number of benzene rings is 1. The van der Waals surface area contributed by atoms with Crippen LogP contribution in [0.15, 0.2) is 45.6 Å². The maximum Gasteiger partial charge on any atom is 0.345 e. The third kappa shape index (κ3) is 1.59. The van der Waals surface area contributed by atoms with Crippen LogP contribution in [0.25, 0.3) is 21.8 Å². The molecular weight excluding hydrogens is 218 g/mol. The minimum atomic E-state index is -0.468. The van der Waals surface area contributed by atoms with Crippen LogP contribution in [-0.4, -0.2) is 10.1 Å². The molecule has 4 nitrogen and oxygen atoms in total. The minimum Gasteiger partial charge on any atom is -0.425 e. The number of fused-ring (bicyclic) bond motifs is 2. The highest BCUT2D eigenvalue weighted by Crippen LogP contribution is 2.17. The van der Waals surface area contributed by atoms with Crippen molar-refractivity contribution in [3.8, 4) is 0 Å². The number of aliphatic hydroxyl groups excluding tert-OH is 1. The summed E-state index contributed by atoms with van der Waals surface area (Å²) >= 11 is 0. The number of hydrogen-bond acceptors (Lipinski definition) is 4. The van der Waals surface area contributed by atoms with Crippen molar-refractivity contribution in [2.75, 3.05) is 0 Å². The Kier molecular flexibility index (Phi) is 2.16. The zero-order chi connectivity index (χ0) is 11.8. The van der Waals surface area contributed by atoms with E-state index in [2.05, 4.69) is 4.98 Å². The molecule has 0 amide bonds. The van der Waals surface area contributed by atoms with Crippen LogP contribution >= 0.6 is 0 Å². The van der Waals surface area contributed by atoms with E-state index in [1.54, 1.807) is 12.1 Å². The Hall–Kier alpha value is -2.20. The molecule has 0 bridgehead atoms. The van der Waals surface area contributed by atoms with E-state index in [1.165, 1.54) is 0 Å². The lowest BCUT2D eigenvalue weighted by Gasteiger charge is -2.01. The van der Waals surface area contributed by atoms with Gasteiger partial charge in [-0.15, -0.1) is 0 Å². The lowest BCUT2D eigenvalue weighted by Crippen LogP contribution is -2.03. The first-order valence-electron chi connectivity index (χ1n) is 5.21. The van der Waals surface area contributed by atoms with Crippen LogP contribution in [0.5, 0.6) is 0 Å². The Bertz CT molecular complexity index is 761. The average molecular weight is 227 g/mol. The molecule has 0 saturated heterocycles. The van der Waals surface area contributed by atoms with Crippen molar-refractivity contribution < 1.29 is 9.52 Å². The van der Waals surface area contributed by atoms with E-state index >= 15 is 0 Å². The summed E-state index contributed by atoms with van der Waals surface area (Å²) in [6, 6.07) is 10.9. The number of para-hydroxylation sites is 1. The minimum absolute atomic E-state index is 0.227. The summed E-state index contributed by atoms with van der Waals surface area (Å²) in [7, 11) is 0. The van der Waals surface area contributed by atoms with Gasteiger partial charge < -0.3 is 9.52 Å². The second kappa shape index (κ2) is 3.68. The maximum absolute atomic E-state index is 11.7. The summed E-state index contributed by atoms with van der Waals surface area (Å²) in [4.78, 5) is 16.1. The van der Waals surface area contributed by atoms with Gasteiger partial charge in [-0.3, -0.25) is 0 Å². The molecule has 1 N–H and O–H groups in total. The first kappa shape index (κ1) is 9.99. The first-order chi connectivity index (χ1) is 8.28. The van der Waals surface area contributed by atoms with Crippen LogP contribution in [0, 0.1) is 0 Å². The number of aromatic nitrogens is 1. The van der Waals surface area contributed by atoms with Crippen molar-refractivity contribution in [3.63, 3.8) is 0 Å². The van der Waals surface area contributed by atoms with Gasteiger partial charge in [0.05, 0.1) is 16.4 Å². The van der Waals surface area contributed by atoms with E-state index in [9.17, 15) is 4.79 Å². The quantitative estimate of drug-likeness (QED) is 0.644. The smallest absolute Gasteiger partial charge is 0.345 e. The second-order valence-corrected chi connectivity index (χ2v) is 3.77. The average Bonchev–Trinajstić information content (AvgIpc) is 2.36. The highest BCUT2D eigenvalue weighted by Gasteiger charge is 2.06. The number of aliphatic hydroxyl groups is 1. The Morgan fingerprint density at radius 3 is 2.82 bits per heavy atom. The van der Waals surface area contributed by atoms with Crippen LogP contribution in [0.1, 0.15) is 5.76 Å². The Labute approximate surface area is 96.1 Å². The largest absolute Gasteiger partial charge is 0.425 e. The van der Waals surface area contributed by atoms with Crippen LogP contribution in [0.2, 0.25) is 0 Å². The van der Waals surface area contributed by atoms with Gasteiger partial charge in [0.25, 0.3) is 0 Å². The molecule has 4 heteroatoms. The molecule has 0 saturated carbocycles. The van der Waals surface area contributed by atoms with Crippen molar-refractivity contribution >= 4 is 21.8 Å². The van der Waals surface area contributed by atoms with Gasteiger partial charge >= 0.3 is 5.63 Å². The zero-order valence-electron chi connectivity index (χ0n) is 8.88. The summed E-state index contributed by atoms with van der Waals surface area (Å²) < 4.78 is 4.94. The van der Waals surface area contributed by atoms with Crippen LogP contribution < -0.4 is 5.63 Å². The SMILES string of the molecule is O=c1oc(CO)cc2nc3ccccc3cc12. The van der Waals surface area contributed by atoms with E-state index in [0.717, 1.165) is 10.9 Å². The summed E-state index contributed by atoms with van der Waals surface area (Å²) in [6.07, 6.45) is 0. The van der Waals surface area contributed by atoms with Gasteiger partial charge in [0.15, 0.2) is 0 Å². The predicted molar refractivity (Wildman–Crippen MR) is 63.7 cm³/mol. The molecular formula is C13H9NO3. The van der Waals surface area contributed by atoms with Gasteiger partial charge in [0, 0.05) is 11.5 Å². The first-order valence-corrected chi connectivity index (χ1v) is 5.21. The standard InChI is InChI=1S/C13H9NO3/c15-7-9-6-12-10(13(16)17-9)5-8-3-1-2-4-11(8)14-12/h1-6,15H,7H2. The van der Waals surface area contributed by atoms with Crippen LogP contribution in [-0.2, 0) is 6.61 Å². The number of pyridine rings is 1. The Morgan fingerprint density at radius 1 is 1.18 bits per heavy atom. The van der Waals surface area contributed by atoms with E-state index in [1.807, 2.05) is 24.3 Å². The van der Waals surface area contributed by atoms with Crippen molar-refractivity contribution in [2.45, 2.75) is 6.61 Å². The molecule has 1 aromatic carbocycles. The molecule has 0 aliphatic heterocycles. The van der Waals surface area contributed by atoms with E-state index < -0.39 is 5.63 Å². The van der Waals surface area contributed by atoms with Crippen LogP contribution in [0.4, 0.5) is 0 Å². The number of rotatable bonds is 1. The van der Waals surface area contributed by atoms with E-state index in [4.69, 9.17) is 9.52 Å². The van der Waals surface area contributed by atoms with Crippen molar-refractivity contribution in [2.24, 2.45) is 0 Å². The molecule has 3 rings (SSSR count). The van der Waals surface area contributed by atoms with Gasteiger partial charge in [0.2, 0.25) is 0 Å². The molecule has 17 heavy (non-hydrogen) atoms. The lowest BCUT2D eigenvalue weighted by atomic mass is 10.1. The topological polar surface area (TPSA) is 63.3 Å². The summed E-state index contributed by atoms with van der Waals surface area (Å²) in [6.45, 7) is -0.306. The summed E-state index contributed by atoms with van der Waals surface area (Å²) in [5, 5.41) is 10.3. The summed E-state index contributed by atoms with van der Waals surface area (Å²) in [5.41, 5.74) is 0.892. The molecule has 0 unspecified atom stereocenters. The lowest BCUT2D eigenvalue weighted by molar-refractivity contribution is 0.241. The third-order valence-electron chi connectivity index (χ3n) is 2.65. The molecule has 0 aliphatic rings. The van der Waals surface area contributed by atoms with Gasteiger partial charge in [-0.25, -0.2) is 9.78 Å². The molecule has 2 aromatic heterocycles. The van der Waals surface area contributed by atoms with Gasteiger partial charge in [-0.05, 0) is 12.1 Å². The van der Waals surface area contributed by atoms with Crippen LogP contribution in [0.3, 0.4) is 0 Å². The number of nitrogens with zero attached hydrogens (tertiary/aromatic N) is 1. The maximum atomic E-state index is 11.7. The summed E-state index contributed by atoms with van der Waals surface area (Å²) in [5.74, 6) is 0.227. The molecule has 0 aliphatic carbocycles. The second-order valence-electron chi connectivity index (χ2n) is 3.77. The monoisotopic (exact) mass is 227 g/mol. The Balaban J connectivity index is 2.47. The molecule has 0 radical (unpaired) electrons. The fourth-order valence-corrected chi connectivity index (χ4v) is 1.84. The fraction of sp³-hybridized carbons (Fsp3) is 0.0769. The van der Waals surface area contributed by atoms with Gasteiger partial charge in [0.1, 0.15) is 12.4 Å². The fourth-order valence-electron chi connectivity index (χ4n) is 1.84. The van der Waals surface area contributed by atoms with E-state index in [0.29, 0.717) is 10.9 Å². The Morgan fingerprint density at radius 2 is 2.00 bits per heavy atom. The molecule has 0 fully saturated rings. The van der Waals surface area contributed by atoms with Crippen molar-refractivity contribution in [3.05, 3.63) is 52.6 Å². The predicted octanol–water partition coefficient (Wildman–Crippen LogP) is 1.83. The molecule has 84 valence electrons. The van der Waals surface area contributed by atoms with E-state index in [-0.39, 0.29) is 12.4 Å². The molecule has 3 aromatic rings. The molecule has 2 heterocycles. The number of hydrogen-bond donors (Lipinski definition) is 1. The van der Waals surface area contributed by atoms with Crippen molar-refractivity contribution in [1.29, 1.82) is 0 Å². The highest BCUT2D eigenvalue weighted by atomic mass is 16.4. The zero-order valence-corrected chi connectivity index (χ0v) is 8.88. The van der Waals surface area contributed by atoms with Crippen molar-refractivity contribution in [1.82, 2.24) is 4.98 Å². The third-order valence-corrected chi connectivity index (χ3v) is 2.65. The normalized spacial score (nSPS) is 11.1. The molecule has 0 spiro atoms. The van der Waals surface area contributed by atoms with Gasteiger partial charge in [-0.2, -0.15) is 0 Å². The molecule has 0 atom stereocenters.